The van der Waals surface area contributed by atoms with Gasteiger partial charge in [-0.1, -0.05) is 31.9 Å². The molecule has 1 aromatic rings. The lowest BCUT2D eigenvalue weighted by atomic mass is 9.87. The third-order valence-electron chi connectivity index (χ3n) is 3.95. The summed E-state index contributed by atoms with van der Waals surface area (Å²) in [7, 11) is 0. The van der Waals surface area contributed by atoms with Crippen LogP contribution in [-0.2, 0) is 11.2 Å². The van der Waals surface area contributed by atoms with E-state index in [4.69, 9.17) is 5.73 Å². The lowest BCUT2D eigenvalue weighted by Gasteiger charge is -2.27. The summed E-state index contributed by atoms with van der Waals surface area (Å²) in [5.74, 6) is 0.818. The van der Waals surface area contributed by atoms with Crippen LogP contribution in [0.25, 0.3) is 0 Å². The van der Waals surface area contributed by atoms with Crippen LogP contribution in [0, 0.1) is 12.8 Å². The summed E-state index contributed by atoms with van der Waals surface area (Å²) in [6.45, 7) is 4.26. The third kappa shape index (κ3) is 3.98. The van der Waals surface area contributed by atoms with E-state index in [9.17, 15) is 4.79 Å². The number of nitrogens with two attached hydrogens (primary N) is 1. The second-order valence-corrected chi connectivity index (χ2v) is 5.92. The predicted octanol–water partition coefficient (Wildman–Crippen LogP) is 2.81. The largest absolute Gasteiger partial charge is 0.398 e. The number of carbonyl (C=O) groups is 1. The van der Waals surface area contributed by atoms with Crippen LogP contribution in [0.2, 0.25) is 0 Å². The highest BCUT2D eigenvalue weighted by molar-refractivity contribution is 5.80. The number of aryl methyl sites for hydroxylation is 1. The first-order valence-electron chi connectivity index (χ1n) is 7.19. The molecule has 0 saturated heterocycles. The van der Waals surface area contributed by atoms with Crippen LogP contribution in [-0.4, -0.2) is 11.9 Å². The van der Waals surface area contributed by atoms with Crippen molar-refractivity contribution in [2.75, 3.05) is 5.73 Å². The van der Waals surface area contributed by atoms with Gasteiger partial charge in [-0.2, -0.15) is 0 Å². The van der Waals surface area contributed by atoms with E-state index in [2.05, 4.69) is 12.2 Å². The van der Waals surface area contributed by atoms with E-state index in [1.807, 2.05) is 25.1 Å². The summed E-state index contributed by atoms with van der Waals surface area (Å²) in [5, 5.41) is 3.15. The number of rotatable bonds is 3. The van der Waals surface area contributed by atoms with Gasteiger partial charge in [0, 0.05) is 11.7 Å². The van der Waals surface area contributed by atoms with Gasteiger partial charge in [-0.05, 0) is 42.9 Å². The Kier molecular flexibility index (Phi) is 4.46. The topological polar surface area (TPSA) is 55.1 Å². The number of benzene rings is 1. The molecule has 1 aliphatic carbocycles. The maximum absolute atomic E-state index is 12.1. The van der Waals surface area contributed by atoms with E-state index in [0.29, 0.717) is 18.2 Å². The highest BCUT2D eigenvalue weighted by Gasteiger charge is 2.20. The fourth-order valence-corrected chi connectivity index (χ4v) is 2.89. The highest BCUT2D eigenvalue weighted by Crippen LogP contribution is 2.23. The fourth-order valence-electron chi connectivity index (χ4n) is 2.89. The van der Waals surface area contributed by atoms with Gasteiger partial charge in [-0.25, -0.2) is 0 Å². The van der Waals surface area contributed by atoms with Gasteiger partial charge in [0.15, 0.2) is 0 Å². The Morgan fingerprint density at radius 1 is 1.42 bits per heavy atom. The zero-order chi connectivity index (χ0) is 13.8. The van der Waals surface area contributed by atoms with Gasteiger partial charge in [-0.3, -0.25) is 4.79 Å². The summed E-state index contributed by atoms with van der Waals surface area (Å²) >= 11 is 0. The molecule has 1 aromatic carbocycles. The molecule has 3 N–H and O–H groups in total. The minimum atomic E-state index is 0.0923. The molecule has 0 radical (unpaired) electrons. The number of hydrogen-bond acceptors (Lipinski definition) is 2. The predicted molar refractivity (Wildman–Crippen MR) is 78.9 cm³/mol. The van der Waals surface area contributed by atoms with Crippen molar-refractivity contribution in [3.8, 4) is 0 Å². The molecule has 0 unspecified atom stereocenters. The van der Waals surface area contributed by atoms with Gasteiger partial charge >= 0.3 is 0 Å². The van der Waals surface area contributed by atoms with Crippen LogP contribution >= 0.6 is 0 Å². The van der Waals surface area contributed by atoms with Crippen LogP contribution < -0.4 is 11.1 Å². The number of nitrogens with one attached hydrogen (secondary N) is 1. The number of amides is 1. The lowest BCUT2D eigenvalue weighted by molar-refractivity contribution is -0.121. The molecular weight excluding hydrogens is 236 g/mol. The van der Waals surface area contributed by atoms with E-state index in [-0.39, 0.29) is 5.91 Å². The molecule has 0 spiro atoms. The summed E-state index contributed by atoms with van der Waals surface area (Å²) in [6, 6.07) is 6.23. The third-order valence-corrected chi connectivity index (χ3v) is 3.95. The van der Waals surface area contributed by atoms with Crippen LogP contribution in [0.1, 0.15) is 43.7 Å². The molecule has 2 rings (SSSR count). The van der Waals surface area contributed by atoms with Crippen molar-refractivity contribution in [2.45, 2.75) is 52.0 Å². The average Bonchev–Trinajstić information content (AvgIpc) is 2.33. The van der Waals surface area contributed by atoms with Gasteiger partial charge in [0.05, 0.1) is 6.42 Å². The zero-order valence-corrected chi connectivity index (χ0v) is 11.9. The number of anilines is 1. The van der Waals surface area contributed by atoms with Gasteiger partial charge in [0.25, 0.3) is 0 Å². The van der Waals surface area contributed by atoms with Crippen molar-refractivity contribution in [2.24, 2.45) is 5.92 Å². The van der Waals surface area contributed by atoms with Crippen LogP contribution in [0.15, 0.2) is 18.2 Å². The Hall–Kier alpha value is -1.51. The molecule has 3 nitrogen and oxygen atoms in total. The minimum absolute atomic E-state index is 0.0923. The Morgan fingerprint density at radius 3 is 2.89 bits per heavy atom. The van der Waals surface area contributed by atoms with Gasteiger partial charge in [0.1, 0.15) is 0 Å². The van der Waals surface area contributed by atoms with Crippen LogP contribution in [0.5, 0.6) is 0 Å². The van der Waals surface area contributed by atoms with E-state index in [1.165, 1.54) is 12.8 Å². The van der Waals surface area contributed by atoms with Crippen molar-refractivity contribution >= 4 is 11.6 Å². The van der Waals surface area contributed by atoms with E-state index in [0.717, 1.165) is 29.9 Å². The van der Waals surface area contributed by atoms with Crippen LogP contribution in [0.3, 0.4) is 0 Å². The molecular formula is C16H24N2O. The second-order valence-electron chi connectivity index (χ2n) is 5.92. The molecule has 0 heterocycles. The Bertz CT molecular complexity index is 456. The maximum Gasteiger partial charge on any atom is 0.224 e. The molecule has 104 valence electrons. The molecule has 1 aliphatic rings. The molecule has 3 heteroatoms. The summed E-state index contributed by atoms with van der Waals surface area (Å²) in [6.07, 6.45) is 5.11. The quantitative estimate of drug-likeness (QED) is 0.821. The van der Waals surface area contributed by atoms with Gasteiger partial charge < -0.3 is 11.1 Å². The van der Waals surface area contributed by atoms with Crippen molar-refractivity contribution in [3.05, 3.63) is 29.3 Å². The monoisotopic (exact) mass is 260 g/mol. The number of nitrogen functional groups attached to an aromatic ring is 1. The SMILES string of the molecule is Cc1ccc(CC(=O)N[C@H]2CCC[C@@H](C)C2)c(N)c1. The summed E-state index contributed by atoms with van der Waals surface area (Å²) < 4.78 is 0. The van der Waals surface area contributed by atoms with Crippen molar-refractivity contribution in [1.29, 1.82) is 0 Å². The van der Waals surface area contributed by atoms with E-state index in [1.54, 1.807) is 0 Å². The number of carbonyl (C=O) groups excluding carboxylic acids is 1. The molecule has 1 saturated carbocycles. The molecule has 2 atom stereocenters. The molecule has 19 heavy (non-hydrogen) atoms. The maximum atomic E-state index is 12.1. The first-order chi connectivity index (χ1) is 9.04. The van der Waals surface area contributed by atoms with Gasteiger partial charge in [-0.15, -0.1) is 0 Å². The van der Waals surface area contributed by atoms with E-state index < -0.39 is 0 Å². The van der Waals surface area contributed by atoms with E-state index >= 15 is 0 Å². The minimum Gasteiger partial charge on any atom is -0.398 e. The van der Waals surface area contributed by atoms with Crippen molar-refractivity contribution in [1.82, 2.24) is 5.32 Å². The standard InChI is InChI=1S/C16H24N2O/c1-11-4-3-5-14(8-11)18-16(19)10-13-7-6-12(2)9-15(13)17/h6-7,9,11,14H,3-5,8,10,17H2,1-2H3,(H,18,19)/t11-,14+/m1/s1. The normalized spacial score (nSPS) is 23.1. The van der Waals surface area contributed by atoms with Gasteiger partial charge in [0.2, 0.25) is 5.91 Å². The molecule has 1 amide bonds. The fraction of sp³-hybridized carbons (Fsp3) is 0.562. The zero-order valence-electron chi connectivity index (χ0n) is 11.9. The summed E-state index contributed by atoms with van der Waals surface area (Å²) in [5.41, 5.74) is 8.71. The second kappa shape index (κ2) is 6.09. The molecule has 1 fully saturated rings. The Morgan fingerprint density at radius 2 is 2.21 bits per heavy atom. The molecule has 0 aliphatic heterocycles. The molecule has 0 aromatic heterocycles. The first-order valence-corrected chi connectivity index (χ1v) is 7.19. The van der Waals surface area contributed by atoms with Crippen molar-refractivity contribution in [3.63, 3.8) is 0 Å². The average molecular weight is 260 g/mol. The van der Waals surface area contributed by atoms with Crippen molar-refractivity contribution < 1.29 is 4.79 Å². The number of hydrogen-bond donors (Lipinski definition) is 2. The Balaban J connectivity index is 1.90. The Labute approximate surface area is 115 Å². The highest BCUT2D eigenvalue weighted by atomic mass is 16.1. The lowest BCUT2D eigenvalue weighted by Crippen LogP contribution is -2.38. The molecule has 0 bridgehead atoms. The summed E-state index contributed by atoms with van der Waals surface area (Å²) in [4.78, 5) is 12.1. The smallest absolute Gasteiger partial charge is 0.224 e. The first kappa shape index (κ1) is 13.9. The van der Waals surface area contributed by atoms with Crippen LogP contribution in [0.4, 0.5) is 5.69 Å².